The van der Waals surface area contributed by atoms with Crippen molar-refractivity contribution in [2.45, 2.75) is 20.8 Å². The molecule has 3 rings (SSSR count). The summed E-state index contributed by atoms with van der Waals surface area (Å²) in [5.41, 5.74) is 5.60. The Morgan fingerprint density at radius 1 is 1.25 bits per heavy atom. The van der Waals surface area contributed by atoms with Crippen LogP contribution in [0.5, 0.6) is 5.75 Å². The monoisotopic (exact) mass is 317 g/mol. The summed E-state index contributed by atoms with van der Waals surface area (Å²) >= 11 is 0. The van der Waals surface area contributed by atoms with E-state index in [9.17, 15) is 5.26 Å². The number of allylic oxidation sites excluding steroid dienone is 1. The highest BCUT2D eigenvalue weighted by atomic mass is 16.5. The van der Waals surface area contributed by atoms with Gasteiger partial charge in [-0.15, -0.1) is 0 Å². The third-order valence-electron chi connectivity index (χ3n) is 3.95. The van der Waals surface area contributed by atoms with Gasteiger partial charge in [-0.05, 0) is 67.8 Å². The number of benzene rings is 2. The molecule has 1 heterocycles. The standard InChI is InChI=1S/C20H19N3O/c1-4-24-17-7-5-6-15(11-17)10-16(12-21)20-22-18-8-13(2)14(3)9-19(18)23-20/h5-11H,4H2,1-3H3,(H,22,23)/b16-10-. The number of nitrogens with zero attached hydrogens (tertiary/aromatic N) is 2. The largest absolute Gasteiger partial charge is 0.494 e. The number of nitriles is 1. The number of fused-ring (bicyclic) bond motifs is 1. The second kappa shape index (κ2) is 6.59. The van der Waals surface area contributed by atoms with Crippen molar-refractivity contribution < 1.29 is 4.74 Å². The van der Waals surface area contributed by atoms with Crippen molar-refractivity contribution in [3.05, 3.63) is 58.9 Å². The Kier molecular flexibility index (Phi) is 4.35. The molecule has 0 bridgehead atoms. The van der Waals surface area contributed by atoms with Crippen LogP contribution in [-0.2, 0) is 0 Å². The molecule has 0 aliphatic heterocycles. The number of aryl methyl sites for hydroxylation is 2. The summed E-state index contributed by atoms with van der Waals surface area (Å²) in [7, 11) is 0. The Balaban J connectivity index is 2.02. The van der Waals surface area contributed by atoms with Crippen molar-refractivity contribution in [3.63, 3.8) is 0 Å². The maximum absolute atomic E-state index is 9.54. The number of H-pyrrole nitrogens is 1. The van der Waals surface area contributed by atoms with Crippen LogP contribution in [-0.4, -0.2) is 16.6 Å². The second-order valence-corrected chi connectivity index (χ2v) is 5.71. The Morgan fingerprint density at radius 3 is 2.79 bits per heavy atom. The van der Waals surface area contributed by atoms with E-state index < -0.39 is 0 Å². The Labute approximate surface area is 141 Å². The number of aromatic nitrogens is 2. The van der Waals surface area contributed by atoms with E-state index in [4.69, 9.17) is 4.74 Å². The van der Waals surface area contributed by atoms with E-state index in [0.717, 1.165) is 22.3 Å². The molecule has 24 heavy (non-hydrogen) atoms. The fourth-order valence-electron chi connectivity index (χ4n) is 2.58. The lowest BCUT2D eigenvalue weighted by Gasteiger charge is -2.03. The number of aromatic amines is 1. The van der Waals surface area contributed by atoms with Crippen LogP contribution in [0, 0.1) is 25.2 Å². The summed E-state index contributed by atoms with van der Waals surface area (Å²) in [6.07, 6.45) is 1.82. The molecule has 4 nitrogen and oxygen atoms in total. The average Bonchev–Trinajstić information content (AvgIpc) is 2.96. The number of rotatable bonds is 4. The van der Waals surface area contributed by atoms with Crippen molar-refractivity contribution in [2.24, 2.45) is 0 Å². The lowest BCUT2D eigenvalue weighted by molar-refractivity contribution is 0.340. The van der Waals surface area contributed by atoms with Crippen LogP contribution in [0.1, 0.15) is 29.4 Å². The number of hydrogen-bond donors (Lipinski definition) is 1. The zero-order chi connectivity index (χ0) is 17.1. The van der Waals surface area contributed by atoms with Crippen molar-refractivity contribution in [1.29, 1.82) is 5.26 Å². The fourth-order valence-corrected chi connectivity index (χ4v) is 2.58. The maximum atomic E-state index is 9.54. The molecule has 3 aromatic rings. The molecule has 0 aliphatic rings. The van der Waals surface area contributed by atoms with Crippen LogP contribution >= 0.6 is 0 Å². The lowest BCUT2D eigenvalue weighted by Crippen LogP contribution is -1.91. The van der Waals surface area contributed by atoms with E-state index in [2.05, 4.69) is 36.0 Å². The summed E-state index contributed by atoms with van der Waals surface area (Å²) in [5.74, 6) is 1.37. The Bertz CT molecular complexity index is 922. The van der Waals surface area contributed by atoms with Crippen LogP contribution in [0.25, 0.3) is 22.7 Å². The molecule has 0 saturated heterocycles. The minimum atomic E-state index is 0.496. The molecular formula is C20H19N3O. The lowest BCUT2D eigenvalue weighted by atomic mass is 10.1. The van der Waals surface area contributed by atoms with Crippen molar-refractivity contribution in [3.8, 4) is 11.8 Å². The minimum Gasteiger partial charge on any atom is -0.494 e. The fraction of sp³-hybridized carbons (Fsp3) is 0.200. The van der Waals surface area contributed by atoms with Crippen LogP contribution in [0.3, 0.4) is 0 Å². The quantitative estimate of drug-likeness (QED) is 0.713. The normalized spacial score (nSPS) is 11.5. The predicted octanol–water partition coefficient (Wildman–Crippen LogP) is 4.64. The molecule has 0 fully saturated rings. The van der Waals surface area contributed by atoms with Gasteiger partial charge in [0.2, 0.25) is 0 Å². The van der Waals surface area contributed by atoms with Gasteiger partial charge in [-0.3, -0.25) is 0 Å². The summed E-state index contributed by atoms with van der Waals surface area (Å²) in [6, 6.07) is 14.0. The number of ether oxygens (including phenoxy) is 1. The van der Waals surface area contributed by atoms with Crippen LogP contribution in [0.4, 0.5) is 0 Å². The molecule has 1 aromatic heterocycles. The molecule has 0 amide bonds. The number of imidazole rings is 1. The molecule has 0 spiro atoms. The molecule has 0 radical (unpaired) electrons. The van der Waals surface area contributed by atoms with Gasteiger partial charge in [0.15, 0.2) is 0 Å². The van der Waals surface area contributed by atoms with Gasteiger partial charge in [-0.25, -0.2) is 4.98 Å². The highest BCUT2D eigenvalue weighted by Crippen LogP contribution is 2.23. The summed E-state index contributed by atoms with van der Waals surface area (Å²) < 4.78 is 5.51. The molecule has 4 heteroatoms. The Morgan fingerprint density at radius 2 is 2.04 bits per heavy atom. The highest BCUT2D eigenvalue weighted by molar-refractivity contribution is 5.90. The smallest absolute Gasteiger partial charge is 0.149 e. The molecule has 0 aliphatic carbocycles. The van der Waals surface area contributed by atoms with Crippen LogP contribution in [0.15, 0.2) is 36.4 Å². The summed E-state index contributed by atoms with van der Waals surface area (Å²) in [5, 5.41) is 9.54. The van der Waals surface area contributed by atoms with Gasteiger partial charge < -0.3 is 9.72 Å². The summed E-state index contributed by atoms with van der Waals surface area (Å²) in [4.78, 5) is 7.80. The molecule has 0 atom stereocenters. The predicted molar refractivity (Wildman–Crippen MR) is 96.7 cm³/mol. The van der Waals surface area contributed by atoms with E-state index >= 15 is 0 Å². The molecule has 2 aromatic carbocycles. The maximum Gasteiger partial charge on any atom is 0.149 e. The van der Waals surface area contributed by atoms with Gasteiger partial charge in [0, 0.05) is 0 Å². The van der Waals surface area contributed by atoms with E-state index in [0.29, 0.717) is 18.0 Å². The molecule has 120 valence electrons. The van der Waals surface area contributed by atoms with Crippen LogP contribution < -0.4 is 4.74 Å². The SMILES string of the molecule is CCOc1cccc(/C=C(/C#N)c2nc3cc(C)c(C)cc3[nH]2)c1. The average molecular weight is 317 g/mol. The zero-order valence-electron chi connectivity index (χ0n) is 14.1. The third-order valence-corrected chi connectivity index (χ3v) is 3.95. The van der Waals surface area contributed by atoms with E-state index in [1.54, 1.807) is 0 Å². The first-order valence-corrected chi connectivity index (χ1v) is 7.92. The number of hydrogen-bond acceptors (Lipinski definition) is 3. The van der Waals surface area contributed by atoms with Gasteiger partial charge in [0.25, 0.3) is 0 Å². The first-order valence-electron chi connectivity index (χ1n) is 7.92. The van der Waals surface area contributed by atoms with Gasteiger partial charge in [-0.1, -0.05) is 12.1 Å². The first-order chi connectivity index (χ1) is 11.6. The molecule has 0 saturated carbocycles. The second-order valence-electron chi connectivity index (χ2n) is 5.71. The molecular weight excluding hydrogens is 298 g/mol. The van der Waals surface area contributed by atoms with Crippen molar-refractivity contribution in [2.75, 3.05) is 6.61 Å². The Hall–Kier alpha value is -3.06. The minimum absolute atomic E-state index is 0.496. The van der Waals surface area contributed by atoms with Crippen LogP contribution in [0.2, 0.25) is 0 Å². The first kappa shape index (κ1) is 15.8. The van der Waals surface area contributed by atoms with Gasteiger partial charge in [0.1, 0.15) is 17.6 Å². The van der Waals surface area contributed by atoms with E-state index in [1.165, 1.54) is 11.1 Å². The van der Waals surface area contributed by atoms with Crippen molar-refractivity contribution >= 4 is 22.7 Å². The highest BCUT2D eigenvalue weighted by Gasteiger charge is 2.09. The van der Waals surface area contributed by atoms with Crippen molar-refractivity contribution in [1.82, 2.24) is 9.97 Å². The summed E-state index contributed by atoms with van der Waals surface area (Å²) in [6.45, 7) is 6.68. The number of nitrogens with one attached hydrogen (secondary N) is 1. The third kappa shape index (κ3) is 3.16. The molecule has 1 N–H and O–H groups in total. The van der Waals surface area contributed by atoms with Gasteiger partial charge in [0.05, 0.1) is 23.2 Å². The van der Waals surface area contributed by atoms with E-state index in [-0.39, 0.29) is 0 Å². The zero-order valence-corrected chi connectivity index (χ0v) is 14.1. The van der Waals surface area contributed by atoms with Gasteiger partial charge in [-0.2, -0.15) is 5.26 Å². The molecule has 0 unspecified atom stereocenters. The topological polar surface area (TPSA) is 61.7 Å². The van der Waals surface area contributed by atoms with E-state index in [1.807, 2.05) is 43.3 Å². The van der Waals surface area contributed by atoms with Gasteiger partial charge >= 0.3 is 0 Å².